The van der Waals surface area contributed by atoms with Crippen molar-refractivity contribution in [3.05, 3.63) is 70.8 Å². The molecule has 2 rings (SSSR count). The van der Waals surface area contributed by atoms with Crippen LogP contribution in [0.3, 0.4) is 0 Å². The van der Waals surface area contributed by atoms with Crippen molar-refractivity contribution in [2.45, 2.75) is 40.4 Å². The number of benzene rings is 2. The van der Waals surface area contributed by atoms with Crippen molar-refractivity contribution in [3.8, 4) is 11.8 Å². The highest BCUT2D eigenvalue weighted by Gasteiger charge is 2.21. The van der Waals surface area contributed by atoms with E-state index in [4.69, 9.17) is 14.4 Å². The monoisotopic (exact) mass is 406 g/mol. The van der Waals surface area contributed by atoms with E-state index in [1.54, 1.807) is 32.9 Å². The van der Waals surface area contributed by atoms with Crippen LogP contribution in [0.4, 0.5) is 0 Å². The predicted octanol–water partition coefficient (Wildman–Crippen LogP) is 4.24. The van der Waals surface area contributed by atoms with Gasteiger partial charge in [0.15, 0.2) is 5.71 Å². The molecule has 0 aromatic heterocycles. The highest BCUT2D eigenvalue weighted by Crippen LogP contribution is 2.14. The summed E-state index contributed by atoms with van der Waals surface area (Å²) in [6, 6.07) is 15.2. The van der Waals surface area contributed by atoms with Gasteiger partial charge in [0, 0.05) is 16.7 Å². The molecule has 0 amide bonds. The zero-order chi connectivity index (χ0) is 21.9. The lowest BCUT2D eigenvalue weighted by molar-refractivity contribution is -0.139. The summed E-state index contributed by atoms with van der Waals surface area (Å²) in [6.07, 6.45) is -0.276. The van der Waals surface area contributed by atoms with E-state index in [1.807, 2.05) is 43.3 Å². The van der Waals surface area contributed by atoms with Gasteiger partial charge >= 0.3 is 5.97 Å². The van der Waals surface area contributed by atoms with Gasteiger partial charge in [-0.15, -0.1) is 0 Å². The molecule has 2 aromatic carbocycles. The number of hydrogen-bond donors (Lipinski definition) is 0. The minimum absolute atomic E-state index is 0.0743. The predicted molar refractivity (Wildman–Crippen MR) is 117 cm³/mol. The largest absolute Gasteiger partial charge is 0.458 e. The molecular formula is C24H26N2O4. The molecule has 0 aliphatic carbocycles. The van der Waals surface area contributed by atoms with E-state index >= 15 is 0 Å². The Kier molecular flexibility index (Phi) is 8.64. The van der Waals surface area contributed by atoms with E-state index in [2.05, 4.69) is 22.2 Å². The lowest BCUT2D eigenvalue weighted by atomic mass is 10.0. The molecule has 6 heteroatoms. The number of carbonyl (C=O) groups is 1. The van der Waals surface area contributed by atoms with Gasteiger partial charge in [-0.2, -0.15) is 0 Å². The molecule has 156 valence electrons. The Morgan fingerprint density at radius 3 is 2.43 bits per heavy atom. The first-order valence-electron chi connectivity index (χ1n) is 9.56. The van der Waals surface area contributed by atoms with Crippen LogP contribution in [0, 0.1) is 18.8 Å². The van der Waals surface area contributed by atoms with Crippen molar-refractivity contribution in [1.82, 2.24) is 0 Å². The second kappa shape index (κ2) is 11.4. The SMILES string of the molecule is CO/N=C(/C(=O)OC(C)C)c1ccccc1CO/N=C(\C)C#Cc1ccc(C)cc1. The number of ether oxygens (including phenoxy) is 1. The van der Waals surface area contributed by atoms with E-state index in [1.165, 1.54) is 12.7 Å². The molecule has 0 bridgehead atoms. The van der Waals surface area contributed by atoms with E-state index < -0.39 is 5.97 Å². The first-order chi connectivity index (χ1) is 14.4. The van der Waals surface area contributed by atoms with Crippen LogP contribution in [0.2, 0.25) is 0 Å². The van der Waals surface area contributed by atoms with Crippen molar-refractivity contribution in [2.75, 3.05) is 7.11 Å². The fraction of sp³-hybridized carbons (Fsp3) is 0.292. The Hall–Kier alpha value is -3.59. The van der Waals surface area contributed by atoms with Gasteiger partial charge in [0.25, 0.3) is 0 Å². The molecule has 0 radical (unpaired) electrons. The number of esters is 1. The Balaban J connectivity index is 2.12. The van der Waals surface area contributed by atoms with Crippen molar-refractivity contribution in [1.29, 1.82) is 0 Å². The van der Waals surface area contributed by atoms with Crippen molar-refractivity contribution < 1.29 is 19.2 Å². The van der Waals surface area contributed by atoms with E-state index in [0.717, 1.165) is 11.1 Å². The van der Waals surface area contributed by atoms with Gasteiger partial charge in [0.2, 0.25) is 0 Å². The zero-order valence-electron chi connectivity index (χ0n) is 17.9. The number of aryl methyl sites for hydroxylation is 1. The molecular weight excluding hydrogens is 380 g/mol. The maximum Gasteiger partial charge on any atom is 0.361 e. The maximum atomic E-state index is 12.4. The first kappa shape index (κ1) is 22.7. The molecule has 0 saturated carbocycles. The Bertz CT molecular complexity index is 980. The first-order valence-corrected chi connectivity index (χ1v) is 9.56. The van der Waals surface area contributed by atoms with Gasteiger partial charge in [-0.1, -0.05) is 58.2 Å². The summed E-state index contributed by atoms with van der Waals surface area (Å²) in [4.78, 5) is 22.7. The summed E-state index contributed by atoms with van der Waals surface area (Å²) < 4.78 is 5.26. The zero-order valence-corrected chi connectivity index (χ0v) is 17.9. The van der Waals surface area contributed by atoms with E-state index in [-0.39, 0.29) is 18.4 Å². The molecule has 2 aromatic rings. The summed E-state index contributed by atoms with van der Waals surface area (Å²) in [5.74, 6) is 5.43. The third-order valence-electron chi connectivity index (χ3n) is 3.85. The molecule has 0 fully saturated rings. The summed E-state index contributed by atoms with van der Waals surface area (Å²) in [7, 11) is 1.38. The number of nitrogens with zero attached hydrogens (tertiary/aromatic N) is 2. The smallest absolute Gasteiger partial charge is 0.361 e. The fourth-order valence-corrected chi connectivity index (χ4v) is 2.46. The highest BCUT2D eigenvalue weighted by molar-refractivity contribution is 6.43. The molecule has 0 N–H and O–H groups in total. The third kappa shape index (κ3) is 7.10. The van der Waals surface area contributed by atoms with Crippen LogP contribution < -0.4 is 0 Å². The van der Waals surface area contributed by atoms with Crippen LogP contribution in [0.1, 0.15) is 43.0 Å². The maximum absolute atomic E-state index is 12.4. The van der Waals surface area contributed by atoms with E-state index in [0.29, 0.717) is 11.3 Å². The van der Waals surface area contributed by atoms with Crippen molar-refractivity contribution >= 4 is 17.4 Å². The molecule has 0 aliphatic heterocycles. The van der Waals surface area contributed by atoms with Gasteiger partial charge in [-0.3, -0.25) is 0 Å². The fourth-order valence-electron chi connectivity index (χ4n) is 2.46. The van der Waals surface area contributed by atoms with Crippen LogP contribution in [-0.2, 0) is 25.8 Å². The second-order valence-corrected chi connectivity index (χ2v) is 6.80. The standard InChI is InChI=1S/C24H26N2O4/c1-17(2)30-24(27)23(26-28-5)22-9-7-6-8-21(22)16-29-25-19(4)12-15-20-13-10-18(3)11-14-20/h6-11,13-14,17H,16H2,1-5H3/b25-19+,26-23+. The summed E-state index contributed by atoms with van der Waals surface area (Å²) in [5, 5.41) is 7.90. The third-order valence-corrected chi connectivity index (χ3v) is 3.85. The Morgan fingerprint density at radius 2 is 1.77 bits per heavy atom. The van der Waals surface area contributed by atoms with Gasteiger partial charge in [0.05, 0.1) is 6.10 Å². The number of oxime groups is 2. The average molecular weight is 406 g/mol. The molecule has 0 atom stereocenters. The van der Waals surface area contributed by atoms with Crippen LogP contribution >= 0.6 is 0 Å². The van der Waals surface area contributed by atoms with Crippen LogP contribution in [0.25, 0.3) is 0 Å². The average Bonchev–Trinajstić information content (AvgIpc) is 2.71. The Morgan fingerprint density at radius 1 is 1.07 bits per heavy atom. The number of rotatable bonds is 7. The molecule has 0 spiro atoms. The molecule has 0 saturated heterocycles. The minimum Gasteiger partial charge on any atom is -0.458 e. The van der Waals surface area contributed by atoms with Crippen LogP contribution in [-0.4, -0.2) is 30.6 Å². The highest BCUT2D eigenvalue weighted by atomic mass is 16.6. The van der Waals surface area contributed by atoms with Crippen LogP contribution in [0.5, 0.6) is 0 Å². The van der Waals surface area contributed by atoms with Gasteiger partial charge in [-0.25, -0.2) is 4.79 Å². The lowest BCUT2D eigenvalue weighted by Crippen LogP contribution is -2.23. The van der Waals surface area contributed by atoms with E-state index in [9.17, 15) is 4.79 Å². The summed E-state index contributed by atoms with van der Waals surface area (Å²) in [5.41, 5.74) is 3.98. The van der Waals surface area contributed by atoms with Crippen molar-refractivity contribution in [2.24, 2.45) is 10.3 Å². The van der Waals surface area contributed by atoms with Crippen molar-refractivity contribution in [3.63, 3.8) is 0 Å². The Labute approximate surface area is 177 Å². The summed E-state index contributed by atoms with van der Waals surface area (Å²) >= 11 is 0. The molecule has 30 heavy (non-hydrogen) atoms. The lowest BCUT2D eigenvalue weighted by Gasteiger charge is -2.12. The summed E-state index contributed by atoms with van der Waals surface area (Å²) in [6.45, 7) is 7.47. The number of hydrogen-bond acceptors (Lipinski definition) is 6. The minimum atomic E-state index is -0.567. The molecule has 6 nitrogen and oxygen atoms in total. The van der Waals surface area contributed by atoms with Gasteiger partial charge in [-0.05, 0) is 45.7 Å². The quantitative estimate of drug-likeness (QED) is 0.298. The second-order valence-electron chi connectivity index (χ2n) is 6.80. The van der Waals surface area contributed by atoms with Gasteiger partial charge < -0.3 is 14.4 Å². The molecule has 0 heterocycles. The van der Waals surface area contributed by atoms with Crippen LogP contribution in [0.15, 0.2) is 58.8 Å². The van der Waals surface area contributed by atoms with Gasteiger partial charge in [0.1, 0.15) is 19.4 Å². The number of carbonyl (C=O) groups excluding carboxylic acids is 1. The molecule has 0 unspecified atom stereocenters. The molecule has 0 aliphatic rings. The topological polar surface area (TPSA) is 69.5 Å². The normalized spacial score (nSPS) is 11.5.